The summed E-state index contributed by atoms with van der Waals surface area (Å²) in [7, 11) is 0. The Hall–Kier alpha value is -1.26. The van der Waals surface area contributed by atoms with E-state index in [0.717, 1.165) is 5.56 Å². The first-order valence-electron chi connectivity index (χ1n) is 5.49. The first-order chi connectivity index (χ1) is 7.84. The second-order valence-electron chi connectivity index (χ2n) is 4.21. The smallest absolute Gasteiger partial charge is 0.0248 e. The normalized spacial score (nSPS) is 25.8. The lowest BCUT2D eigenvalue weighted by atomic mass is 10.0. The molecule has 1 heteroatoms. The van der Waals surface area contributed by atoms with Crippen molar-refractivity contribution < 1.29 is 0 Å². The zero-order chi connectivity index (χ0) is 11.0. The molecule has 0 N–H and O–H groups in total. The van der Waals surface area contributed by atoms with Crippen LogP contribution in [-0.2, 0) is 0 Å². The molecular weight excluding hydrogens is 260 g/mol. The fraction of sp³-hybridized carbons (Fsp3) is 0.200. The molecule has 1 aromatic rings. The van der Waals surface area contributed by atoms with Crippen LogP contribution < -0.4 is 0 Å². The fourth-order valence-electron chi connectivity index (χ4n) is 2.29. The lowest BCUT2D eigenvalue weighted by Gasteiger charge is -2.04. The van der Waals surface area contributed by atoms with Crippen molar-refractivity contribution in [3.8, 4) is 11.8 Å². The predicted molar refractivity (Wildman–Crippen MR) is 70.0 cm³/mol. The summed E-state index contributed by atoms with van der Waals surface area (Å²) in [6.07, 6.45) is 5.77. The van der Waals surface area contributed by atoms with E-state index in [0.29, 0.717) is 11.8 Å². The van der Waals surface area contributed by atoms with Gasteiger partial charge in [0.1, 0.15) is 0 Å². The molecule has 0 nitrogen and oxygen atoms in total. The molecule has 0 heterocycles. The van der Waals surface area contributed by atoms with Crippen molar-refractivity contribution in [2.24, 2.45) is 11.8 Å². The van der Waals surface area contributed by atoms with Gasteiger partial charge in [-0.15, -0.1) is 0 Å². The Bertz CT molecular complexity index is 526. The Kier molecular flexibility index (Phi) is 2.46. The highest BCUT2D eigenvalue weighted by Gasteiger charge is 2.32. The summed E-state index contributed by atoms with van der Waals surface area (Å²) in [5, 5.41) is 0. The number of halogens is 1. The SMILES string of the molecule is BrC1=C(C#Cc2ccccc2)C2C=CC1C2. The van der Waals surface area contributed by atoms with Crippen LogP contribution in [0.25, 0.3) is 0 Å². The second-order valence-corrected chi connectivity index (χ2v) is 5.07. The van der Waals surface area contributed by atoms with Crippen LogP contribution in [0.1, 0.15) is 12.0 Å². The van der Waals surface area contributed by atoms with Crippen LogP contribution in [0.15, 0.2) is 52.5 Å². The summed E-state index contributed by atoms with van der Waals surface area (Å²) < 4.78 is 1.29. The van der Waals surface area contributed by atoms with Gasteiger partial charge in [0.05, 0.1) is 0 Å². The Balaban J connectivity index is 1.90. The average Bonchev–Trinajstić information content (AvgIpc) is 2.89. The summed E-state index contributed by atoms with van der Waals surface area (Å²) in [5.41, 5.74) is 2.36. The van der Waals surface area contributed by atoms with E-state index in [2.05, 4.69) is 39.9 Å². The summed E-state index contributed by atoms with van der Waals surface area (Å²) in [5.74, 6) is 7.68. The zero-order valence-electron chi connectivity index (χ0n) is 8.78. The Morgan fingerprint density at radius 3 is 2.44 bits per heavy atom. The number of benzene rings is 1. The van der Waals surface area contributed by atoms with Crippen molar-refractivity contribution in [3.05, 3.63) is 58.1 Å². The third-order valence-corrected chi connectivity index (χ3v) is 4.17. The van der Waals surface area contributed by atoms with Crippen molar-refractivity contribution in [2.75, 3.05) is 0 Å². The highest BCUT2D eigenvalue weighted by molar-refractivity contribution is 9.11. The van der Waals surface area contributed by atoms with Crippen molar-refractivity contribution >= 4 is 15.9 Å². The van der Waals surface area contributed by atoms with Crippen molar-refractivity contribution in [2.45, 2.75) is 6.42 Å². The van der Waals surface area contributed by atoms with Gasteiger partial charge in [-0.1, -0.05) is 58.1 Å². The first kappa shape index (κ1) is 9.93. The quantitative estimate of drug-likeness (QED) is 0.496. The molecule has 1 aromatic carbocycles. The molecule has 0 saturated carbocycles. The maximum atomic E-state index is 3.66. The number of fused-ring (bicyclic) bond motifs is 2. The third-order valence-electron chi connectivity index (χ3n) is 3.15. The van der Waals surface area contributed by atoms with Gasteiger partial charge in [0.25, 0.3) is 0 Å². The number of hydrogen-bond donors (Lipinski definition) is 0. The molecular formula is C15H11Br. The minimum absolute atomic E-state index is 0.551. The van der Waals surface area contributed by atoms with E-state index < -0.39 is 0 Å². The minimum Gasteiger partial charge on any atom is -0.0798 e. The van der Waals surface area contributed by atoms with E-state index in [1.807, 2.05) is 30.3 Å². The van der Waals surface area contributed by atoms with Gasteiger partial charge in [-0.2, -0.15) is 0 Å². The summed E-state index contributed by atoms with van der Waals surface area (Å²) in [6.45, 7) is 0. The summed E-state index contributed by atoms with van der Waals surface area (Å²) >= 11 is 3.66. The molecule has 0 aromatic heterocycles. The molecule has 0 aliphatic heterocycles. The monoisotopic (exact) mass is 270 g/mol. The molecule has 0 fully saturated rings. The molecule has 2 aliphatic rings. The summed E-state index contributed by atoms with van der Waals surface area (Å²) in [4.78, 5) is 0. The largest absolute Gasteiger partial charge is 0.0798 e. The molecule has 2 atom stereocenters. The van der Waals surface area contributed by atoms with Crippen LogP contribution in [-0.4, -0.2) is 0 Å². The fourth-order valence-corrected chi connectivity index (χ4v) is 3.02. The Labute approximate surface area is 104 Å². The maximum Gasteiger partial charge on any atom is 0.0248 e. The standard InChI is InChI=1S/C15H11Br/c16-15-13-8-7-12(10-13)14(15)9-6-11-4-2-1-3-5-11/h1-5,7-8,12-13H,10H2. The first-order valence-corrected chi connectivity index (χ1v) is 6.29. The zero-order valence-corrected chi connectivity index (χ0v) is 10.4. The van der Waals surface area contributed by atoms with E-state index in [4.69, 9.17) is 0 Å². The van der Waals surface area contributed by atoms with Crippen LogP contribution in [0.4, 0.5) is 0 Å². The molecule has 0 spiro atoms. The van der Waals surface area contributed by atoms with Crippen LogP contribution >= 0.6 is 15.9 Å². The van der Waals surface area contributed by atoms with Gasteiger partial charge >= 0.3 is 0 Å². The molecule has 0 saturated heterocycles. The number of rotatable bonds is 0. The van der Waals surface area contributed by atoms with Crippen LogP contribution in [0, 0.1) is 23.7 Å². The van der Waals surface area contributed by atoms with Gasteiger partial charge in [0.15, 0.2) is 0 Å². The Morgan fingerprint density at radius 1 is 1.00 bits per heavy atom. The van der Waals surface area contributed by atoms with E-state index in [-0.39, 0.29) is 0 Å². The molecule has 0 radical (unpaired) electrons. The maximum absolute atomic E-state index is 3.66. The van der Waals surface area contributed by atoms with E-state index in [1.54, 1.807) is 0 Å². The molecule has 78 valence electrons. The van der Waals surface area contributed by atoms with Gasteiger partial charge in [0, 0.05) is 27.5 Å². The average molecular weight is 271 g/mol. The van der Waals surface area contributed by atoms with Crippen LogP contribution in [0.3, 0.4) is 0 Å². The van der Waals surface area contributed by atoms with Gasteiger partial charge in [0.2, 0.25) is 0 Å². The highest BCUT2D eigenvalue weighted by atomic mass is 79.9. The van der Waals surface area contributed by atoms with Crippen molar-refractivity contribution in [1.29, 1.82) is 0 Å². The number of allylic oxidation sites excluding steroid dienone is 4. The molecule has 2 bridgehead atoms. The van der Waals surface area contributed by atoms with E-state index in [1.165, 1.54) is 16.5 Å². The van der Waals surface area contributed by atoms with Crippen LogP contribution in [0.5, 0.6) is 0 Å². The van der Waals surface area contributed by atoms with Gasteiger partial charge in [-0.05, 0) is 18.6 Å². The lowest BCUT2D eigenvalue weighted by Crippen LogP contribution is -1.92. The highest BCUT2D eigenvalue weighted by Crippen LogP contribution is 2.46. The summed E-state index contributed by atoms with van der Waals surface area (Å²) in [6, 6.07) is 10.2. The second kappa shape index (κ2) is 3.96. The Morgan fingerprint density at radius 2 is 1.75 bits per heavy atom. The molecule has 3 rings (SSSR count). The molecule has 0 amide bonds. The van der Waals surface area contributed by atoms with Crippen molar-refractivity contribution in [1.82, 2.24) is 0 Å². The predicted octanol–water partition coefficient (Wildman–Crippen LogP) is 3.89. The van der Waals surface area contributed by atoms with Gasteiger partial charge in [-0.3, -0.25) is 0 Å². The third kappa shape index (κ3) is 1.64. The van der Waals surface area contributed by atoms with Crippen molar-refractivity contribution in [3.63, 3.8) is 0 Å². The molecule has 16 heavy (non-hydrogen) atoms. The topological polar surface area (TPSA) is 0 Å². The van der Waals surface area contributed by atoms with Gasteiger partial charge < -0.3 is 0 Å². The van der Waals surface area contributed by atoms with Crippen LogP contribution in [0.2, 0.25) is 0 Å². The van der Waals surface area contributed by atoms with E-state index >= 15 is 0 Å². The number of hydrogen-bond acceptors (Lipinski definition) is 0. The van der Waals surface area contributed by atoms with E-state index in [9.17, 15) is 0 Å². The molecule has 2 unspecified atom stereocenters. The minimum atomic E-state index is 0.551. The molecule has 2 aliphatic carbocycles. The lowest BCUT2D eigenvalue weighted by molar-refractivity contribution is 0.720. The van der Waals surface area contributed by atoms with Gasteiger partial charge in [-0.25, -0.2) is 0 Å².